The Morgan fingerprint density at radius 3 is 3.24 bits per heavy atom. The number of rotatable bonds is 4. The number of aromatic nitrogens is 2. The van der Waals surface area contributed by atoms with Crippen molar-refractivity contribution in [2.75, 3.05) is 38.1 Å². The molecule has 0 radical (unpaired) electrons. The van der Waals surface area contributed by atoms with Crippen molar-refractivity contribution in [3.05, 3.63) is 17.5 Å². The van der Waals surface area contributed by atoms with Crippen LogP contribution in [0.3, 0.4) is 0 Å². The number of nitrogens with zero attached hydrogens (tertiary/aromatic N) is 3. The second kappa shape index (κ2) is 6.14. The van der Waals surface area contributed by atoms with Crippen LogP contribution in [-0.4, -0.2) is 53.8 Å². The molecule has 1 N–H and O–H groups in total. The van der Waals surface area contributed by atoms with Crippen LogP contribution in [0.4, 0.5) is 5.82 Å². The number of halogens is 1. The van der Waals surface area contributed by atoms with Gasteiger partial charge < -0.3 is 10.1 Å². The first kappa shape index (κ1) is 12.5. The predicted octanol–water partition coefficient (Wildman–Crippen LogP) is 1.26. The zero-order chi connectivity index (χ0) is 12.1. The maximum absolute atomic E-state index is 5.78. The van der Waals surface area contributed by atoms with E-state index in [1.54, 1.807) is 6.07 Å². The fraction of sp³-hybridized carbons (Fsp3) is 0.636. The number of ether oxygens (including phenoxy) is 1. The molecule has 0 saturated carbocycles. The molecule has 17 heavy (non-hydrogen) atoms. The molecule has 6 heteroatoms. The third kappa shape index (κ3) is 3.80. The van der Waals surface area contributed by atoms with Gasteiger partial charge in [-0.25, -0.2) is 9.97 Å². The largest absolute Gasteiger partial charge is 0.374 e. The van der Waals surface area contributed by atoms with Gasteiger partial charge in [-0.1, -0.05) is 18.5 Å². The summed E-state index contributed by atoms with van der Waals surface area (Å²) in [5.74, 6) is 0.738. The highest BCUT2D eigenvalue weighted by atomic mass is 35.5. The van der Waals surface area contributed by atoms with E-state index in [1.807, 2.05) is 0 Å². The molecule has 1 atom stereocenters. The third-order valence-electron chi connectivity index (χ3n) is 2.81. The summed E-state index contributed by atoms with van der Waals surface area (Å²) >= 11 is 5.78. The summed E-state index contributed by atoms with van der Waals surface area (Å²) in [5.41, 5.74) is 0. The van der Waals surface area contributed by atoms with Gasteiger partial charge in [-0.2, -0.15) is 0 Å². The minimum absolute atomic E-state index is 0.206. The van der Waals surface area contributed by atoms with E-state index in [9.17, 15) is 0 Å². The quantitative estimate of drug-likeness (QED) is 0.822. The van der Waals surface area contributed by atoms with Crippen molar-refractivity contribution >= 4 is 17.4 Å². The van der Waals surface area contributed by atoms with Gasteiger partial charge in [0.1, 0.15) is 17.3 Å². The molecule has 1 aromatic rings. The lowest BCUT2D eigenvalue weighted by Gasteiger charge is -2.32. The van der Waals surface area contributed by atoms with Crippen molar-refractivity contribution in [3.8, 4) is 0 Å². The molecular weight excluding hydrogens is 240 g/mol. The minimum atomic E-state index is 0.206. The summed E-state index contributed by atoms with van der Waals surface area (Å²) in [4.78, 5) is 10.3. The first-order valence-corrected chi connectivity index (χ1v) is 6.21. The van der Waals surface area contributed by atoms with Crippen LogP contribution in [0.5, 0.6) is 0 Å². The van der Waals surface area contributed by atoms with Crippen LogP contribution >= 0.6 is 11.6 Å². The Kier molecular flexibility index (Phi) is 4.53. The summed E-state index contributed by atoms with van der Waals surface area (Å²) in [6.07, 6.45) is 1.66. The third-order valence-corrected chi connectivity index (χ3v) is 3.02. The molecule has 1 unspecified atom stereocenters. The molecule has 0 spiro atoms. The molecule has 94 valence electrons. The van der Waals surface area contributed by atoms with Gasteiger partial charge in [-0.15, -0.1) is 0 Å². The van der Waals surface area contributed by atoms with E-state index in [2.05, 4.69) is 27.1 Å². The molecule has 5 nitrogen and oxygen atoms in total. The van der Waals surface area contributed by atoms with Crippen LogP contribution in [0, 0.1) is 0 Å². The smallest absolute Gasteiger partial charge is 0.134 e. The van der Waals surface area contributed by atoms with E-state index in [1.165, 1.54) is 6.33 Å². The van der Waals surface area contributed by atoms with Gasteiger partial charge in [0.05, 0.1) is 12.7 Å². The highest BCUT2D eigenvalue weighted by Crippen LogP contribution is 2.10. The van der Waals surface area contributed by atoms with Gasteiger partial charge >= 0.3 is 0 Å². The minimum Gasteiger partial charge on any atom is -0.374 e. The highest BCUT2D eigenvalue weighted by Gasteiger charge is 2.18. The van der Waals surface area contributed by atoms with E-state index in [0.717, 1.165) is 38.6 Å². The molecule has 0 amide bonds. The van der Waals surface area contributed by atoms with Crippen LogP contribution in [0.2, 0.25) is 5.15 Å². The second-order valence-corrected chi connectivity index (χ2v) is 4.38. The fourth-order valence-electron chi connectivity index (χ4n) is 1.84. The highest BCUT2D eigenvalue weighted by molar-refractivity contribution is 6.29. The maximum Gasteiger partial charge on any atom is 0.134 e. The van der Waals surface area contributed by atoms with Crippen molar-refractivity contribution < 1.29 is 4.74 Å². The molecular formula is C11H17ClN4O. The summed E-state index contributed by atoms with van der Waals surface area (Å²) in [6.45, 7) is 6.75. The van der Waals surface area contributed by atoms with E-state index >= 15 is 0 Å². The van der Waals surface area contributed by atoms with Gasteiger partial charge in [0.2, 0.25) is 0 Å². The Balaban J connectivity index is 1.81. The van der Waals surface area contributed by atoms with E-state index in [0.29, 0.717) is 5.15 Å². The molecule has 0 bridgehead atoms. The number of morpholine rings is 1. The Labute approximate surface area is 106 Å². The average Bonchev–Trinajstić information content (AvgIpc) is 2.37. The molecule has 2 heterocycles. The van der Waals surface area contributed by atoms with Crippen LogP contribution in [0.1, 0.15) is 6.92 Å². The van der Waals surface area contributed by atoms with E-state index in [4.69, 9.17) is 16.3 Å². The van der Waals surface area contributed by atoms with Crippen molar-refractivity contribution in [1.29, 1.82) is 0 Å². The van der Waals surface area contributed by atoms with Gasteiger partial charge in [0, 0.05) is 25.7 Å². The van der Waals surface area contributed by atoms with Crippen molar-refractivity contribution in [2.24, 2.45) is 0 Å². The first-order chi connectivity index (χ1) is 8.28. The molecule has 1 aliphatic heterocycles. The Bertz CT molecular complexity index is 363. The molecule has 2 rings (SSSR count). The van der Waals surface area contributed by atoms with Crippen molar-refractivity contribution in [3.63, 3.8) is 0 Å². The Morgan fingerprint density at radius 2 is 2.47 bits per heavy atom. The Hall–Kier alpha value is -0.910. The van der Waals surface area contributed by atoms with Crippen molar-refractivity contribution in [1.82, 2.24) is 14.9 Å². The van der Waals surface area contributed by atoms with Crippen LogP contribution in [-0.2, 0) is 4.74 Å². The zero-order valence-electron chi connectivity index (χ0n) is 9.90. The van der Waals surface area contributed by atoms with Gasteiger partial charge in [-0.3, -0.25) is 4.90 Å². The number of nitrogens with one attached hydrogen (secondary N) is 1. The Morgan fingerprint density at radius 1 is 1.59 bits per heavy atom. The number of likely N-dealkylation sites (N-methyl/N-ethyl adjacent to an activating group) is 1. The normalized spacial score (nSPS) is 21.4. The maximum atomic E-state index is 5.78. The standard InChI is InChI=1S/C11H17ClN4O/c1-2-16-3-4-17-9(7-16)6-13-11-5-10(12)14-8-15-11/h5,8-9H,2-4,6-7H2,1H3,(H,13,14,15). The van der Waals surface area contributed by atoms with E-state index < -0.39 is 0 Å². The van der Waals surface area contributed by atoms with Crippen LogP contribution in [0.25, 0.3) is 0 Å². The molecule has 0 aliphatic carbocycles. The summed E-state index contributed by atoms with van der Waals surface area (Å²) in [7, 11) is 0. The SMILES string of the molecule is CCN1CCOC(CNc2cc(Cl)ncn2)C1. The summed E-state index contributed by atoms with van der Waals surface area (Å²) < 4.78 is 5.68. The van der Waals surface area contributed by atoms with Crippen molar-refractivity contribution in [2.45, 2.75) is 13.0 Å². The lowest BCUT2D eigenvalue weighted by molar-refractivity contribution is -0.0192. The molecule has 1 aromatic heterocycles. The lowest BCUT2D eigenvalue weighted by atomic mass is 10.2. The van der Waals surface area contributed by atoms with E-state index in [-0.39, 0.29) is 6.10 Å². The molecule has 0 aromatic carbocycles. The predicted molar refractivity (Wildman–Crippen MR) is 67.4 cm³/mol. The van der Waals surface area contributed by atoms with Gasteiger partial charge in [0.25, 0.3) is 0 Å². The van der Waals surface area contributed by atoms with Gasteiger partial charge in [-0.05, 0) is 6.54 Å². The molecule has 1 aliphatic rings. The number of hydrogen-bond donors (Lipinski definition) is 1. The second-order valence-electron chi connectivity index (χ2n) is 3.99. The molecule has 1 saturated heterocycles. The number of hydrogen-bond acceptors (Lipinski definition) is 5. The van der Waals surface area contributed by atoms with Gasteiger partial charge in [0.15, 0.2) is 0 Å². The average molecular weight is 257 g/mol. The fourth-order valence-corrected chi connectivity index (χ4v) is 1.99. The summed E-state index contributed by atoms with van der Waals surface area (Å²) in [5, 5.41) is 3.66. The van der Waals surface area contributed by atoms with Crippen LogP contribution < -0.4 is 5.32 Å². The number of anilines is 1. The zero-order valence-corrected chi connectivity index (χ0v) is 10.7. The molecule has 1 fully saturated rings. The van der Waals surface area contributed by atoms with Crippen LogP contribution in [0.15, 0.2) is 12.4 Å². The topological polar surface area (TPSA) is 50.3 Å². The monoisotopic (exact) mass is 256 g/mol. The first-order valence-electron chi connectivity index (χ1n) is 5.83. The lowest BCUT2D eigenvalue weighted by Crippen LogP contribution is -2.45. The summed E-state index contributed by atoms with van der Waals surface area (Å²) in [6, 6.07) is 1.71.